The smallest absolute Gasteiger partial charge is 0.311 e. The Labute approximate surface area is 88.9 Å². The van der Waals surface area contributed by atoms with Crippen molar-refractivity contribution in [2.45, 2.75) is 20.3 Å². The van der Waals surface area contributed by atoms with Gasteiger partial charge in [0.25, 0.3) is 0 Å². The summed E-state index contributed by atoms with van der Waals surface area (Å²) in [6.45, 7) is 5.52. The molecule has 1 rings (SSSR count). The van der Waals surface area contributed by atoms with Crippen LogP contribution in [0.25, 0.3) is 0 Å². The Bertz CT molecular complexity index is 341. The van der Waals surface area contributed by atoms with Crippen LogP contribution in [-0.2, 0) is 0 Å². The summed E-state index contributed by atoms with van der Waals surface area (Å²) in [7, 11) is 0. The monoisotopic (exact) mass is 209 g/mol. The van der Waals surface area contributed by atoms with Crippen molar-refractivity contribution in [3.05, 3.63) is 28.4 Å². The summed E-state index contributed by atoms with van der Waals surface area (Å²) < 4.78 is 0. The first kappa shape index (κ1) is 11.4. The second-order valence-electron chi connectivity index (χ2n) is 3.18. The van der Waals surface area contributed by atoms with E-state index in [9.17, 15) is 10.1 Å². The lowest BCUT2D eigenvalue weighted by atomic mass is 10.3. The van der Waals surface area contributed by atoms with Gasteiger partial charge >= 0.3 is 5.69 Å². The highest BCUT2D eigenvalue weighted by molar-refractivity contribution is 5.57. The van der Waals surface area contributed by atoms with E-state index in [1.54, 1.807) is 12.3 Å². The quantitative estimate of drug-likeness (QED) is 0.551. The maximum absolute atomic E-state index is 10.8. The van der Waals surface area contributed by atoms with E-state index in [1.807, 2.05) is 18.7 Å². The molecule has 0 fully saturated rings. The molecule has 0 atom stereocenters. The van der Waals surface area contributed by atoms with Crippen molar-refractivity contribution in [1.29, 1.82) is 0 Å². The topological polar surface area (TPSA) is 59.3 Å². The summed E-state index contributed by atoms with van der Waals surface area (Å²) >= 11 is 0. The Morgan fingerprint density at radius 1 is 1.53 bits per heavy atom. The molecule has 5 heteroatoms. The zero-order valence-corrected chi connectivity index (χ0v) is 9.01. The molecule has 0 aliphatic carbocycles. The van der Waals surface area contributed by atoms with E-state index in [0.717, 1.165) is 19.5 Å². The molecule has 0 saturated carbocycles. The fourth-order valence-electron chi connectivity index (χ4n) is 1.46. The molecule has 5 nitrogen and oxygen atoms in total. The first-order chi connectivity index (χ1) is 7.20. The molecule has 82 valence electrons. The van der Waals surface area contributed by atoms with Crippen LogP contribution in [0.4, 0.5) is 11.5 Å². The Hall–Kier alpha value is -1.65. The number of hydrogen-bond acceptors (Lipinski definition) is 4. The van der Waals surface area contributed by atoms with E-state index in [2.05, 4.69) is 4.98 Å². The molecule has 1 aromatic heterocycles. The Balaban J connectivity index is 3.04. The molecular weight excluding hydrogens is 194 g/mol. The van der Waals surface area contributed by atoms with Crippen molar-refractivity contribution < 1.29 is 4.92 Å². The van der Waals surface area contributed by atoms with E-state index in [0.29, 0.717) is 5.82 Å². The number of aromatic nitrogens is 1. The zero-order chi connectivity index (χ0) is 11.3. The van der Waals surface area contributed by atoms with Gasteiger partial charge in [-0.25, -0.2) is 4.98 Å². The van der Waals surface area contributed by atoms with Gasteiger partial charge in [-0.1, -0.05) is 6.92 Å². The molecule has 0 spiro atoms. The number of pyridine rings is 1. The minimum atomic E-state index is -0.388. The van der Waals surface area contributed by atoms with Crippen molar-refractivity contribution in [3.8, 4) is 0 Å². The molecule has 0 aliphatic heterocycles. The lowest BCUT2D eigenvalue weighted by Crippen LogP contribution is -2.25. The zero-order valence-electron chi connectivity index (χ0n) is 9.01. The molecule has 0 aliphatic rings. The summed E-state index contributed by atoms with van der Waals surface area (Å²) in [5, 5.41) is 10.8. The molecule has 0 N–H and O–H groups in total. The van der Waals surface area contributed by atoms with Crippen LogP contribution >= 0.6 is 0 Å². The Morgan fingerprint density at radius 3 is 2.80 bits per heavy atom. The van der Waals surface area contributed by atoms with E-state index in [4.69, 9.17) is 0 Å². The van der Waals surface area contributed by atoms with Crippen LogP contribution < -0.4 is 4.90 Å². The molecule has 0 aromatic carbocycles. The van der Waals surface area contributed by atoms with Gasteiger partial charge in [-0.05, 0) is 19.4 Å². The number of anilines is 1. The first-order valence-electron chi connectivity index (χ1n) is 5.05. The number of rotatable bonds is 5. The lowest BCUT2D eigenvalue weighted by Gasteiger charge is -2.20. The van der Waals surface area contributed by atoms with Crippen LogP contribution in [-0.4, -0.2) is 23.0 Å². The Morgan fingerprint density at radius 2 is 2.27 bits per heavy atom. The largest absolute Gasteiger partial charge is 0.351 e. The second kappa shape index (κ2) is 5.29. The molecular formula is C10H15N3O2. The highest BCUT2D eigenvalue weighted by atomic mass is 16.6. The minimum absolute atomic E-state index is 0.0767. The van der Waals surface area contributed by atoms with E-state index in [-0.39, 0.29) is 10.6 Å². The van der Waals surface area contributed by atoms with Crippen LogP contribution in [0.15, 0.2) is 18.3 Å². The maximum Gasteiger partial charge on any atom is 0.311 e. The van der Waals surface area contributed by atoms with Crippen molar-refractivity contribution in [1.82, 2.24) is 4.98 Å². The van der Waals surface area contributed by atoms with Crippen LogP contribution in [0, 0.1) is 10.1 Å². The summed E-state index contributed by atoms with van der Waals surface area (Å²) in [5.41, 5.74) is 0.0767. The third-order valence-electron chi connectivity index (χ3n) is 2.14. The van der Waals surface area contributed by atoms with Gasteiger partial charge in [0.1, 0.15) is 0 Å². The first-order valence-corrected chi connectivity index (χ1v) is 5.05. The van der Waals surface area contributed by atoms with Crippen LogP contribution in [0.3, 0.4) is 0 Å². The summed E-state index contributed by atoms with van der Waals surface area (Å²) in [4.78, 5) is 16.4. The third kappa shape index (κ3) is 2.65. The van der Waals surface area contributed by atoms with E-state index in [1.165, 1.54) is 6.07 Å². The Kier molecular flexibility index (Phi) is 4.03. The minimum Gasteiger partial charge on any atom is -0.351 e. The summed E-state index contributed by atoms with van der Waals surface area (Å²) in [6, 6.07) is 3.07. The van der Waals surface area contributed by atoms with Crippen LogP contribution in [0.1, 0.15) is 20.3 Å². The predicted molar refractivity (Wildman–Crippen MR) is 59.1 cm³/mol. The molecule has 1 heterocycles. The van der Waals surface area contributed by atoms with Crippen LogP contribution in [0.2, 0.25) is 0 Å². The molecule has 0 bridgehead atoms. The van der Waals surface area contributed by atoms with Gasteiger partial charge in [0.05, 0.1) is 4.92 Å². The number of hydrogen-bond donors (Lipinski definition) is 0. The number of nitrogens with zero attached hydrogens (tertiary/aromatic N) is 3. The van der Waals surface area contributed by atoms with Gasteiger partial charge in [0.2, 0.25) is 5.82 Å². The van der Waals surface area contributed by atoms with Gasteiger partial charge in [0.15, 0.2) is 0 Å². The van der Waals surface area contributed by atoms with Gasteiger partial charge in [-0.15, -0.1) is 0 Å². The molecule has 0 amide bonds. The average Bonchev–Trinajstić information content (AvgIpc) is 2.26. The SMILES string of the molecule is CCCN(CC)c1ncccc1[N+](=O)[O-]. The van der Waals surface area contributed by atoms with Crippen LogP contribution in [0.5, 0.6) is 0 Å². The molecule has 1 aromatic rings. The van der Waals surface area contributed by atoms with E-state index >= 15 is 0 Å². The highest BCUT2D eigenvalue weighted by Crippen LogP contribution is 2.24. The fraction of sp³-hybridized carbons (Fsp3) is 0.500. The number of nitro groups is 1. The molecule has 0 unspecified atom stereocenters. The van der Waals surface area contributed by atoms with Crippen molar-refractivity contribution in [2.75, 3.05) is 18.0 Å². The second-order valence-corrected chi connectivity index (χ2v) is 3.18. The van der Waals surface area contributed by atoms with Crippen molar-refractivity contribution in [2.24, 2.45) is 0 Å². The third-order valence-corrected chi connectivity index (χ3v) is 2.14. The van der Waals surface area contributed by atoms with E-state index < -0.39 is 0 Å². The maximum atomic E-state index is 10.8. The van der Waals surface area contributed by atoms with Crippen molar-refractivity contribution >= 4 is 11.5 Å². The molecule has 0 radical (unpaired) electrons. The standard InChI is InChI=1S/C10H15N3O2/c1-3-8-12(4-2)10-9(13(14)15)6-5-7-11-10/h5-7H,3-4,8H2,1-2H3. The highest BCUT2D eigenvalue weighted by Gasteiger charge is 2.18. The van der Waals surface area contributed by atoms with Gasteiger partial charge < -0.3 is 4.90 Å². The molecule has 15 heavy (non-hydrogen) atoms. The van der Waals surface area contributed by atoms with Gasteiger partial charge in [-0.2, -0.15) is 0 Å². The van der Waals surface area contributed by atoms with Crippen molar-refractivity contribution in [3.63, 3.8) is 0 Å². The normalized spacial score (nSPS) is 10.0. The van der Waals surface area contributed by atoms with Gasteiger partial charge in [-0.3, -0.25) is 10.1 Å². The predicted octanol–water partition coefficient (Wildman–Crippen LogP) is 2.23. The average molecular weight is 209 g/mol. The molecule has 0 saturated heterocycles. The fourth-order valence-corrected chi connectivity index (χ4v) is 1.46. The lowest BCUT2D eigenvalue weighted by molar-refractivity contribution is -0.384. The summed E-state index contributed by atoms with van der Waals surface area (Å²) in [6.07, 6.45) is 2.53. The van der Waals surface area contributed by atoms with Gasteiger partial charge in [0, 0.05) is 25.4 Å². The summed E-state index contributed by atoms with van der Waals surface area (Å²) in [5.74, 6) is 0.465.